The average Bonchev–Trinajstić information content (AvgIpc) is 2.61. The SMILES string of the molecule is CC(Cc1ccccc1)(CC(F)(F)F)C(=O)Cc1cnc2c(F)cccc2c1. The van der Waals surface area contributed by atoms with E-state index in [1.165, 1.54) is 25.3 Å². The summed E-state index contributed by atoms with van der Waals surface area (Å²) >= 11 is 0. The molecule has 0 bridgehead atoms. The summed E-state index contributed by atoms with van der Waals surface area (Å²) in [6.45, 7) is 1.35. The van der Waals surface area contributed by atoms with Gasteiger partial charge in [0.15, 0.2) is 0 Å². The minimum atomic E-state index is -4.47. The molecular weight excluding hydrogens is 370 g/mol. The van der Waals surface area contributed by atoms with Gasteiger partial charge in [0, 0.05) is 23.4 Å². The van der Waals surface area contributed by atoms with E-state index in [-0.39, 0.29) is 18.4 Å². The number of halogens is 4. The smallest absolute Gasteiger partial charge is 0.299 e. The third-order valence-electron chi connectivity index (χ3n) is 4.78. The van der Waals surface area contributed by atoms with E-state index in [4.69, 9.17) is 0 Å². The summed E-state index contributed by atoms with van der Waals surface area (Å²) in [5, 5.41) is 0.505. The molecule has 2 aromatic carbocycles. The van der Waals surface area contributed by atoms with Crippen LogP contribution in [0.5, 0.6) is 0 Å². The Morgan fingerprint density at radius 1 is 1.00 bits per heavy atom. The maximum absolute atomic E-state index is 13.7. The summed E-state index contributed by atoms with van der Waals surface area (Å²) in [6, 6.07) is 14.7. The largest absolute Gasteiger partial charge is 0.390 e. The van der Waals surface area contributed by atoms with Crippen molar-refractivity contribution in [2.24, 2.45) is 5.41 Å². The van der Waals surface area contributed by atoms with E-state index in [1.807, 2.05) is 0 Å². The molecular formula is C22H19F4NO. The van der Waals surface area contributed by atoms with Crippen molar-refractivity contribution in [2.45, 2.75) is 32.4 Å². The third kappa shape index (κ3) is 4.74. The summed E-state index contributed by atoms with van der Waals surface area (Å²) in [7, 11) is 0. The Kier molecular flexibility index (Phi) is 5.49. The first-order valence-electron chi connectivity index (χ1n) is 8.83. The van der Waals surface area contributed by atoms with Crippen LogP contribution in [0.1, 0.15) is 24.5 Å². The first-order valence-corrected chi connectivity index (χ1v) is 8.83. The fourth-order valence-corrected chi connectivity index (χ4v) is 3.41. The summed E-state index contributed by atoms with van der Waals surface area (Å²) in [5.41, 5.74) is -0.303. The number of hydrogen-bond acceptors (Lipinski definition) is 2. The van der Waals surface area contributed by atoms with Crippen molar-refractivity contribution in [3.63, 3.8) is 0 Å². The lowest BCUT2D eigenvalue weighted by Gasteiger charge is -2.29. The van der Waals surface area contributed by atoms with Crippen molar-refractivity contribution in [3.8, 4) is 0 Å². The van der Waals surface area contributed by atoms with Crippen LogP contribution in [0.25, 0.3) is 10.9 Å². The van der Waals surface area contributed by atoms with Crippen LogP contribution in [-0.2, 0) is 17.6 Å². The molecule has 0 aliphatic heterocycles. The van der Waals surface area contributed by atoms with Gasteiger partial charge in [-0.3, -0.25) is 9.78 Å². The second kappa shape index (κ2) is 7.70. The summed E-state index contributed by atoms with van der Waals surface area (Å²) < 4.78 is 53.3. The number of para-hydroxylation sites is 1. The molecule has 0 N–H and O–H groups in total. The average molecular weight is 389 g/mol. The number of pyridine rings is 1. The second-order valence-corrected chi connectivity index (χ2v) is 7.27. The zero-order chi connectivity index (χ0) is 20.4. The van der Waals surface area contributed by atoms with Crippen LogP contribution in [0, 0.1) is 11.2 Å². The number of rotatable bonds is 6. The first-order chi connectivity index (χ1) is 13.2. The number of aromatic nitrogens is 1. The molecule has 1 heterocycles. The van der Waals surface area contributed by atoms with E-state index >= 15 is 0 Å². The zero-order valence-electron chi connectivity index (χ0n) is 15.3. The van der Waals surface area contributed by atoms with Gasteiger partial charge in [0.25, 0.3) is 0 Å². The van der Waals surface area contributed by atoms with E-state index in [2.05, 4.69) is 4.98 Å². The van der Waals surface area contributed by atoms with Crippen LogP contribution in [0.3, 0.4) is 0 Å². The predicted octanol–water partition coefficient (Wildman–Crippen LogP) is 5.69. The van der Waals surface area contributed by atoms with Gasteiger partial charge in [-0.2, -0.15) is 13.2 Å². The van der Waals surface area contributed by atoms with E-state index in [0.29, 0.717) is 16.5 Å². The lowest BCUT2D eigenvalue weighted by atomic mass is 9.75. The number of carbonyl (C=O) groups is 1. The normalized spacial score (nSPS) is 14.0. The van der Waals surface area contributed by atoms with Crippen LogP contribution in [0.4, 0.5) is 17.6 Å². The standard InChI is InChI=1S/C22H19F4NO/c1-21(14-22(24,25)26,12-15-6-3-2-4-7-15)19(28)11-16-10-17-8-5-9-18(23)20(17)27-13-16/h2-10,13H,11-12,14H2,1H3. The highest BCUT2D eigenvalue weighted by Gasteiger charge is 2.43. The molecule has 1 aromatic heterocycles. The van der Waals surface area contributed by atoms with Crippen molar-refractivity contribution >= 4 is 16.7 Å². The molecule has 1 unspecified atom stereocenters. The van der Waals surface area contributed by atoms with Crippen LogP contribution in [0.15, 0.2) is 60.8 Å². The molecule has 0 aliphatic carbocycles. The van der Waals surface area contributed by atoms with Crippen LogP contribution < -0.4 is 0 Å². The maximum atomic E-state index is 13.7. The maximum Gasteiger partial charge on any atom is 0.390 e. The molecule has 0 amide bonds. The molecule has 0 fully saturated rings. The van der Waals surface area contributed by atoms with E-state index < -0.39 is 29.6 Å². The highest BCUT2D eigenvalue weighted by atomic mass is 19.4. The number of benzene rings is 2. The second-order valence-electron chi connectivity index (χ2n) is 7.27. The molecule has 28 heavy (non-hydrogen) atoms. The Bertz CT molecular complexity index is 985. The Balaban J connectivity index is 1.88. The van der Waals surface area contributed by atoms with Crippen LogP contribution in [-0.4, -0.2) is 16.9 Å². The van der Waals surface area contributed by atoms with E-state index in [9.17, 15) is 22.4 Å². The third-order valence-corrected chi connectivity index (χ3v) is 4.78. The number of hydrogen-bond donors (Lipinski definition) is 0. The number of Topliss-reactive ketones (excluding diaryl/α,β-unsaturated/α-hetero) is 1. The molecule has 146 valence electrons. The Hall–Kier alpha value is -2.76. The molecule has 3 aromatic rings. The molecule has 6 heteroatoms. The van der Waals surface area contributed by atoms with Gasteiger partial charge < -0.3 is 0 Å². The molecule has 0 radical (unpaired) electrons. The van der Waals surface area contributed by atoms with Gasteiger partial charge in [-0.25, -0.2) is 4.39 Å². The van der Waals surface area contributed by atoms with Crippen molar-refractivity contribution < 1.29 is 22.4 Å². The van der Waals surface area contributed by atoms with Gasteiger partial charge in [0.1, 0.15) is 17.1 Å². The van der Waals surface area contributed by atoms with E-state index in [0.717, 1.165) is 0 Å². The van der Waals surface area contributed by atoms with Crippen molar-refractivity contribution in [3.05, 3.63) is 77.7 Å². The highest BCUT2D eigenvalue weighted by molar-refractivity contribution is 5.88. The van der Waals surface area contributed by atoms with Gasteiger partial charge in [-0.15, -0.1) is 0 Å². The Morgan fingerprint density at radius 3 is 2.39 bits per heavy atom. The topological polar surface area (TPSA) is 30.0 Å². The van der Waals surface area contributed by atoms with Gasteiger partial charge in [0.05, 0.1) is 6.42 Å². The summed E-state index contributed by atoms with van der Waals surface area (Å²) in [4.78, 5) is 16.9. The van der Waals surface area contributed by atoms with E-state index in [1.54, 1.807) is 42.5 Å². The molecule has 0 aliphatic rings. The summed E-state index contributed by atoms with van der Waals surface area (Å²) in [5.74, 6) is -1.01. The minimum Gasteiger partial charge on any atom is -0.299 e. The fourth-order valence-electron chi connectivity index (χ4n) is 3.41. The number of alkyl halides is 3. The number of carbonyl (C=O) groups excluding carboxylic acids is 1. The molecule has 1 atom stereocenters. The van der Waals surface area contributed by atoms with Gasteiger partial charge in [-0.05, 0) is 29.7 Å². The first kappa shape index (κ1) is 20.0. The molecule has 0 saturated carbocycles. The van der Waals surface area contributed by atoms with Crippen molar-refractivity contribution in [1.29, 1.82) is 0 Å². The van der Waals surface area contributed by atoms with Crippen LogP contribution in [0.2, 0.25) is 0 Å². The zero-order valence-corrected chi connectivity index (χ0v) is 15.3. The highest BCUT2D eigenvalue weighted by Crippen LogP contribution is 2.38. The van der Waals surface area contributed by atoms with Gasteiger partial charge in [0.2, 0.25) is 0 Å². The lowest BCUT2D eigenvalue weighted by Crippen LogP contribution is -2.36. The lowest BCUT2D eigenvalue weighted by molar-refractivity contribution is -0.165. The Morgan fingerprint density at radius 2 is 1.71 bits per heavy atom. The van der Waals surface area contributed by atoms with Crippen molar-refractivity contribution in [2.75, 3.05) is 0 Å². The predicted molar refractivity (Wildman–Crippen MR) is 99.3 cm³/mol. The monoisotopic (exact) mass is 389 g/mol. The quantitative estimate of drug-likeness (QED) is 0.507. The Labute approximate surface area is 160 Å². The number of nitrogens with zero attached hydrogens (tertiary/aromatic N) is 1. The molecule has 3 rings (SSSR count). The summed E-state index contributed by atoms with van der Waals surface area (Å²) in [6.07, 6.45) is -4.53. The molecule has 2 nitrogen and oxygen atoms in total. The van der Waals surface area contributed by atoms with Gasteiger partial charge >= 0.3 is 6.18 Å². The fraction of sp³-hybridized carbons (Fsp3) is 0.273. The number of fused-ring (bicyclic) bond motifs is 1. The molecule has 0 saturated heterocycles. The van der Waals surface area contributed by atoms with Crippen molar-refractivity contribution in [1.82, 2.24) is 4.98 Å². The minimum absolute atomic E-state index is 0.0121. The molecule has 0 spiro atoms. The van der Waals surface area contributed by atoms with Gasteiger partial charge in [-0.1, -0.05) is 49.4 Å². The van der Waals surface area contributed by atoms with Crippen LogP contribution >= 0.6 is 0 Å². The number of ketones is 1.